The number of hydrogen-bond donors (Lipinski definition) is 1. The highest BCUT2D eigenvalue weighted by Crippen LogP contribution is 2.33. The summed E-state index contributed by atoms with van der Waals surface area (Å²) in [7, 11) is 0. The maximum atomic E-state index is 12.8. The van der Waals surface area contributed by atoms with Gasteiger partial charge in [0.1, 0.15) is 6.04 Å². The maximum absolute atomic E-state index is 12.8. The summed E-state index contributed by atoms with van der Waals surface area (Å²) in [5, 5.41) is 7.14. The van der Waals surface area contributed by atoms with E-state index in [1.165, 1.54) is 0 Å². The molecule has 26 heavy (non-hydrogen) atoms. The van der Waals surface area contributed by atoms with Crippen molar-refractivity contribution in [1.29, 1.82) is 0 Å². The molecule has 0 unspecified atom stereocenters. The molecular weight excluding hydrogens is 326 g/mol. The number of nitrogens with zero attached hydrogens (tertiary/aromatic N) is 2. The monoisotopic (exact) mass is 349 g/mol. The summed E-state index contributed by atoms with van der Waals surface area (Å²) in [4.78, 5) is 17.3. The number of amides is 1. The molecule has 1 N–H and O–H groups in total. The van der Waals surface area contributed by atoms with E-state index in [1.54, 1.807) is 0 Å². The summed E-state index contributed by atoms with van der Waals surface area (Å²) in [6.07, 6.45) is 0. The Morgan fingerprint density at radius 2 is 1.69 bits per heavy atom. The van der Waals surface area contributed by atoms with E-state index >= 15 is 0 Å². The van der Waals surface area contributed by atoms with Gasteiger partial charge in [-0.15, -0.1) is 0 Å². The lowest BCUT2D eigenvalue weighted by atomic mass is 9.86. The van der Waals surface area contributed by atoms with Crippen LogP contribution in [0.5, 0.6) is 0 Å². The van der Waals surface area contributed by atoms with Gasteiger partial charge in [-0.25, -0.2) is 0 Å². The average Bonchev–Trinajstić information content (AvgIpc) is 3.09. The first-order valence-electron chi connectivity index (χ1n) is 8.62. The van der Waals surface area contributed by atoms with E-state index < -0.39 is 6.04 Å². The van der Waals surface area contributed by atoms with Crippen LogP contribution in [0, 0.1) is 12.3 Å². The zero-order chi connectivity index (χ0) is 18.7. The molecule has 0 fully saturated rings. The predicted molar refractivity (Wildman–Crippen MR) is 101 cm³/mol. The van der Waals surface area contributed by atoms with Gasteiger partial charge < -0.3 is 9.84 Å². The highest BCUT2D eigenvalue weighted by Gasteiger charge is 2.33. The molecule has 0 saturated heterocycles. The molecule has 1 amide bonds. The second-order valence-electron chi connectivity index (χ2n) is 7.41. The molecule has 3 aromatic rings. The van der Waals surface area contributed by atoms with Crippen molar-refractivity contribution in [3.8, 4) is 11.4 Å². The molecule has 5 nitrogen and oxygen atoms in total. The third-order valence-corrected chi connectivity index (χ3v) is 4.25. The van der Waals surface area contributed by atoms with E-state index in [1.807, 2.05) is 82.3 Å². The fraction of sp³-hybridized carbons (Fsp3) is 0.286. The molecule has 2 aromatic carbocycles. The molecule has 0 aliphatic rings. The standard InChI is InChI=1S/C21H23N3O2/c1-14-10-8-9-13-16(14)19(25)22-17(21(2,3)4)20-23-18(24-26-20)15-11-6-5-7-12-15/h5-13,17H,1-4H3,(H,22,25)/t17-/m1/s1. The molecule has 0 aliphatic heterocycles. The largest absolute Gasteiger partial charge is 0.340 e. The van der Waals surface area contributed by atoms with Crippen LogP contribution in [0.15, 0.2) is 59.1 Å². The quantitative estimate of drug-likeness (QED) is 0.749. The van der Waals surface area contributed by atoms with Gasteiger partial charge >= 0.3 is 0 Å². The molecular formula is C21H23N3O2. The molecule has 0 saturated carbocycles. The van der Waals surface area contributed by atoms with Crippen molar-refractivity contribution < 1.29 is 9.32 Å². The molecule has 1 atom stereocenters. The molecule has 0 aliphatic carbocycles. The van der Waals surface area contributed by atoms with Crippen molar-refractivity contribution in [2.45, 2.75) is 33.7 Å². The second kappa shape index (κ2) is 7.12. The summed E-state index contributed by atoms with van der Waals surface area (Å²) in [5.74, 6) is 0.765. The molecule has 0 radical (unpaired) electrons. The van der Waals surface area contributed by atoms with Crippen molar-refractivity contribution in [3.05, 3.63) is 71.6 Å². The van der Waals surface area contributed by atoms with Crippen LogP contribution in [0.1, 0.15) is 48.6 Å². The van der Waals surface area contributed by atoms with Gasteiger partial charge in [0.15, 0.2) is 0 Å². The van der Waals surface area contributed by atoms with E-state index in [4.69, 9.17) is 4.52 Å². The van der Waals surface area contributed by atoms with Crippen LogP contribution >= 0.6 is 0 Å². The number of carbonyl (C=O) groups excluding carboxylic acids is 1. The number of benzene rings is 2. The number of aryl methyl sites for hydroxylation is 1. The third kappa shape index (κ3) is 3.82. The van der Waals surface area contributed by atoms with Crippen LogP contribution in [0.25, 0.3) is 11.4 Å². The summed E-state index contributed by atoms with van der Waals surface area (Å²) < 4.78 is 5.50. The van der Waals surface area contributed by atoms with Crippen LogP contribution in [-0.4, -0.2) is 16.0 Å². The van der Waals surface area contributed by atoms with Crippen molar-refractivity contribution in [3.63, 3.8) is 0 Å². The molecule has 1 heterocycles. The molecule has 134 valence electrons. The number of rotatable bonds is 4. The maximum Gasteiger partial charge on any atom is 0.252 e. The van der Waals surface area contributed by atoms with Crippen LogP contribution in [0.3, 0.4) is 0 Å². The first-order chi connectivity index (χ1) is 12.4. The number of carbonyl (C=O) groups is 1. The van der Waals surface area contributed by atoms with Crippen molar-refractivity contribution in [1.82, 2.24) is 15.5 Å². The first-order valence-corrected chi connectivity index (χ1v) is 8.62. The van der Waals surface area contributed by atoms with E-state index in [0.717, 1.165) is 11.1 Å². The smallest absolute Gasteiger partial charge is 0.252 e. The fourth-order valence-electron chi connectivity index (χ4n) is 2.74. The summed E-state index contributed by atoms with van der Waals surface area (Å²) in [6, 6.07) is 16.7. The Kier molecular flexibility index (Phi) is 4.89. The Bertz CT molecular complexity index is 895. The lowest BCUT2D eigenvalue weighted by molar-refractivity contribution is 0.0880. The van der Waals surface area contributed by atoms with E-state index in [-0.39, 0.29) is 11.3 Å². The topological polar surface area (TPSA) is 68.0 Å². The van der Waals surface area contributed by atoms with Gasteiger partial charge in [0.25, 0.3) is 5.91 Å². The van der Waals surface area contributed by atoms with Gasteiger partial charge in [-0.05, 0) is 24.0 Å². The number of hydrogen-bond acceptors (Lipinski definition) is 4. The first kappa shape index (κ1) is 17.9. The summed E-state index contributed by atoms with van der Waals surface area (Å²) in [5.41, 5.74) is 2.15. The second-order valence-corrected chi connectivity index (χ2v) is 7.41. The Labute approximate surface area is 153 Å². The van der Waals surface area contributed by atoms with Gasteiger partial charge in [-0.1, -0.05) is 74.5 Å². The minimum absolute atomic E-state index is 0.150. The van der Waals surface area contributed by atoms with Crippen molar-refractivity contribution in [2.24, 2.45) is 5.41 Å². The Balaban J connectivity index is 1.89. The minimum atomic E-state index is -0.403. The Morgan fingerprint density at radius 1 is 1.04 bits per heavy atom. The van der Waals surface area contributed by atoms with Gasteiger partial charge in [0.2, 0.25) is 11.7 Å². The lowest BCUT2D eigenvalue weighted by Gasteiger charge is -2.28. The Hall–Kier alpha value is -2.95. The zero-order valence-corrected chi connectivity index (χ0v) is 15.5. The minimum Gasteiger partial charge on any atom is -0.340 e. The predicted octanol–water partition coefficient (Wildman–Crippen LogP) is 4.56. The van der Waals surface area contributed by atoms with Gasteiger partial charge in [-0.3, -0.25) is 4.79 Å². The number of aromatic nitrogens is 2. The summed E-state index contributed by atoms with van der Waals surface area (Å²) in [6.45, 7) is 8.01. The SMILES string of the molecule is Cc1ccccc1C(=O)N[C@H](c1nc(-c2ccccc2)no1)C(C)(C)C. The number of nitrogens with one attached hydrogen (secondary N) is 1. The highest BCUT2D eigenvalue weighted by molar-refractivity contribution is 5.95. The van der Waals surface area contributed by atoms with Gasteiger partial charge in [0, 0.05) is 11.1 Å². The van der Waals surface area contributed by atoms with Crippen molar-refractivity contribution >= 4 is 5.91 Å². The van der Waals surface area contributed by atoms with Gasteiger partial charge in [0.05, 0.1) is 0 Å². The highest BCUT2D eigenvalue weighted by atomic mass is 16.5. The molecule has 1 aromatic heterocycles. The van der Waals surface area contributed by atoms with E-state index in [9.17, 15) is 4.79 Å². The normalized spacial score (nSPS) is 12.6. The third-order valence-electron chi connectivity index (χ3n) is 4.25. The van der Waals surface area contributed by atoms with Crippen LogP contribution in [0.4, 0.5) is 0 Å². The molecule has 0 bridgehead atoms. The zero-order valence-electron chi connectivity index (χ0n) is 15.5. The molecule has 0 spiro atoms. The average molecular weight is 349 g/mol. The van der Waals surface area contributed by atoms with Crippen LogP contribution < -0.4 is 5.32 Å². The lowest BCUT2D eigenvalue weighted by Crippen LogP contribution is -2.37. The Morgan fingerprint density at radius 3 is 2.35 bits per heavy atom. The van der Waals surface area contributed by atoms with E-state index in [2.05, 4.69) is 15.5 Å². The van der Waals surface area contributed by atoms with Crippen molar-refractivity contribution in [2.75, 3.05) is 0 Å². The van der Waals surface area contributed by atoms with E-state index in [0.29, 0.717) is 17.3 Å². The molecule has 5 heteroatoms. The van der Waals surface area contributed by atoms with Gasteiger partial charge in [-0.2, -0.15) is 4.98 Å². The summed E-state index contributed by atoms with van der Waals surface area (Å²) >= 11 is 0. The van der Waals surface area contributed by atoms with Crippen LogP contribution in [0.2, 0.25) is 0 Å². The fourth-order valence-corrected chi connectivity index (χ4v) is 2.74. The van der Waals surface area contributed by atoms with Crippen LogP contribution in [-0.2, 0) is 0 Å². The molecule has 3 rings (SSSR count).